The van der Waals surface area contributed by atoms with E-state index in [4.69, 9.17) is 9.47 Å². The Bertz CT molecular complexity index is 760. The number of carbonyl (C=O) groups excluding carboxylic acids is 3. The molecular weight excluding hydrogens is 446 g/mol. The van der Waals surface area contributed by atoms with E-state index in [0.29, 0.717) is 12.8 Å². The molecule has 8 nitrogen and oxygen atoms in total. The number of rotatable bonds is 11. The van der Waals surface area contributed by atoms with Crippen molar-refractivity contribution in [2.75, 3.05) is 7.11 Å². The number of hydrogen-bond donors (Lipinski definition) is 3. The highest BCUT2D eigenvalue weighted by Gasteiger charge is 2.31. The van der Waals surface area contributed by atoms with Crippen molar-refractivity contribution in [3.05, 3.63) is 29.8 Å². The lowest BCUT2D eigenvalue weighted by Gasteiger charge is -2.27. The third-order valence-electron chi connectivity index (χ3n) is 4.82. The molecule has 188 valence electrons. The second kappa shape index (κ2) is 14.1. The highest BCUT2D eigenvalue weighted by molar-refractivity contribution is 5.91. The van der Waals surface area contributed by atoms with Crippen molar-refractivity contribution in [1.82, 2.24) is 10.6 Å². The Morgan fingerprint density at radius 3 is 2.03 bits per heavy atom. The summed E-state index contributed by atoms with van der Waals surface area (Å²) in [6.07, 6.45) is 1.82. The molecule has 0 bridgehead atoms. The number of halogens is 1. The van der Waals surface area contributed by atoms with Gasteiger partial charge in [-0.1, -0.05) is 26.0 Å². The van der Waals surface area contributed by atoms with Crippen molar-refractivity contribution in [1.29, 1.82) is 0 Å². The van der Waals surface area contributed by atoms with E-state index in [9.17, 15) is 14.4 Å². The van der Waals surface area contributed by atoms with E-state index in [2.05, 4.69) is 16.4 Å². The first-order valence-corrected chi connectivity index (χ1v) is 11.1. The van der Waals surface area contributed by atoms with Crippen molar-refractivity contribution in [3.63, 3.8) is 0 Å². The molecule has 0 spiro atoms. The van der Waals surface area contributed by atoms with Gasteiger partial charge in [0, 0.05) is 0 Å². The summed E-state index contributed by atoms with van der Waals surface area (Å²) >= 11 is 0. The number of aryl methyl sites for hydroxylation is 1. The van der Waals surface area contributed by atoms with Crippen LogP contribution < -0.4 is 33.5 Å². The van der Waals surface area contributed by atoms with Crippen LogP contribution in [0.25, 0.3) is 0 Å². The van der Waals surface area contributed by atoms with Gasteiger partial charge in [0.25, 0.3) is 5.91 Å². The highest BCUT2D eigenvalue weighted by atomic mass is 35.5. The summed E-state index contributed by atoms with van der Waals surface area (Å²) in [5.74, 6) is -0.580. The molecule has 0 saturated carbocycles. The minimum Gasteiger partial charge on any atom is -1.00 e. The molecule has 33 heavy (non-hydrogen) atoms. The number of ether oxygens (including phenoxy) is 2. The monoisotopic (exact) mass is 485 g/mol. The molecule has 0 radical (unpaired) electrons. The molecule has 0 aliphatic carbocycles. The summed E-state index contributed by atoms with van der Waals surface area (Å²) in [6, 6.07) is 5.67. The lowest BCUT2D eigenvalue weighted by atomic mass is 10.0. The quantitative estimate of drug-likeness (QED) is 0.333. The molecule has 0 aliphatic heterocycles. The summed E-state index contributed by atoms with van der Waals surface area (Å²) in [5, 5.41) is 5.52. The molecule has 0 aromatic heterocycles. The van der Waals surface area contributed by atoms with E-state index in [1.165, 1.54) is 0 Å². The maximum absolute atomic E-state index is 13.0. The number of esters is 1. The average Bonchev–Trinajstić information content (AvgIpc) is 2.69. The maximum Gasteiger partial charge on any atom is 0.329 e. The molecular formula is C24H40ClN3O5. The predicted molar refractivity (Wildman–Crippen MR) is 123 cm³/mol. The molecule has 1 aromatic rings. The summed E-state index contributed by atoms with van der Waals surface area (Å²) in [7, 11) is 1.62. The molecule has 1 rings (SSSR count). The SMILES string of the molecule is COc1ccc(CCC[C@H](NC(=O)[C@@H](NC(=O)[C@H](C)[NH3+])C(C)C)C(=O)OC(C)(C)C)cc1.[Cl-]. The molecule has 0 saturated heterocycles. The van der Waals surface area contributed by atoms with Gasteiger partial charge in [0.05, 0.1) is 7.11 Å². The molecule has 0 fully saturated rings. The third kappa shape index (κ3) is 11.4. The van der Waals surface area contributed by atoms with Crippen LogP contribution in [0.5, 0.6) is 5.75 Å². The van der Waals surface area contributed by atoms with Crippen molar-refractivity contribution >= 4 is 17.8 Å². The maximum atomic E-state index is 13.0. The normalized spacial score (nSPS) is 13.8. The molecule has 5 N–H and O–H groups in total. The van der Waals surface area contributed by atoms with Crippen molar-refractivity contribution < 1.29 is 42.0 Å². The van der Waals surface area contributed by atoms with Gasteiger partial charge in [-0.3, -0.25) is 9.59 Å². The topological polar surface area (TPSA) is 121 Å². The van der Waals surface area contributed by atoms with Gasteiger partial charge in [-0.05, 0) is 70.6 Å². The Morgan fingerprint density at radius 2 is 1.58 bits per heavy atom. The fourth-order valence-electron chi connectivity index (χ4n) is 3.02. The fraction of sp³-hybridized carbons (Fsp3) is 0.625. The summed E-state index contributed by atoms with van der Waals surface area (Å²) < 4.78 is 10.7. The van der Waals surface area contributed by atoms with Gasteiger partial charge in [-0.25, -0.2) is 4.79 Å². The van der Waals surface area contributed by atoms with E-state index in [-0.39, 0.29) is 24.2 Å². The van der Waals surface area contributed by atoms with Crippen LogP contribution in [0.15, 0.2) is 24.3 Å². The number of quaternary nitrogens is 1. The Labute approximate surface area is 203 Å². The molecule has 0 aliphatic rings. The van der Waals surface area contributed by atoms with Crippen LogP contribution in [0.2, 0.25) is 0 Å². The largest absolute Gasteiger partial charge is 1.00 e. The Balaban J connectivity index is 0.0000102. The van der Waals surface area contributed by atoms with Crippen LogP contribution >= 0.6 is 0 Å². The zero-order valence-electron chi connectivity index (χ0n) is 20.9. The Morgan fingerprint density at radius 1 is 1.00 bits per heavy atom. The van der Waals surface area contributed by atoms with Gasteiger partial charge < -0.3 is 38.2 Å². The number of carbonyl (C=O) groups is 3. The molecule has 1 aromatic carbocycles. The van der Waals surface area contributed by atoms with Crippen molar-refractivity contribution in [2.45, 2.75) is 84.5 Å². The zero-order chi connectivity index (χ0) is 24.5. The second-order valence-electron chi connectivity index (χ2n) is 9.47. The first kappa shape index (κ1) is 30.7. The van der Waals surface area contributed by atoms with E-state index < -0.39 is 35.6 Å². The summed E-state index contributed by atoms with van der Waals surface area (Å²) in [4.78, 5) is 37.8. The number of hydrogen-bond acceptors (Lipinski definition) is 5. The van der Waals surface area contributed by atoms with Gasteiger partial charge in [0.15, 0.2) is 6.04 Å². The fourth-order valence-corrected chi connectivity index (χ4v) is 3.02. The van der Waals surface area contributed by atoms with E-state index >= 15 is 0 Å². The van der Waals surface area contributed by atoms with Crippen LogP contribution in [0.4, 0.5) is 0 Å². The van der Waals surface area contributed by atoms with Crippen LogP contribution in [0.1, 0.15) is 59.9 Å². The van der Waals surface area contributed by atoms with Gasteiger partial charge >= 0.3 is 5.97 Å². The minimum atomic E-state index is -0.810. The summed E-state index contributed by atoms with van der Waals surface area (Å²) in [6.45, 7) is 10.7. The van der Waals surface area contributed by atoms with E-state index in [0.717, 1.165) is 17.7 Å². The van der Waals surface area contributed by atoms with Crippen molar-refractivity contribution in [2.24, 2.45) is 5.92 Å². The van der Waals surface area contributed by atoms with Gasteiger partial charge in [-0.15, -0.1) is 0 Å². The zero-order valence-corrected chi connectivity index (χ0v) is 21.6. The highest BCUT2D eigenvalue weighted by Crippen LogP contribution is 2.16. The standard InChI is InChI=1S/C24H39N3O5.ClH/c1-15(2)20(27-21(28)16(3)25)22(29)26-19(23(30)32-24(4,5)6)10-8-9-17-11-13-18(31-7)14-12-17;/h11-16,19-20H,8-10,25H2,1-7H3,(H,26,29)(H,27,28);1H/t16-,19-,20-;/m0./s1. The Kier molecular flexibility index (Phi) is 13.1. The van der Waals surface area contributed by atoms with Crippen molar-refractivity contribution in [3.8, 4) is 5.75 Å². The number of nitrogens with one attached hydrogen (secondary N) is 2. The average molecular weight is 486 g/mol. The van der Waals surface area contributed by atoms with Gasteiger partial charge in [0.1, 0.15) is 23.4 Å². The minimum absolute atomic E-state index is 0. The molecule has 9 heteroatoms. The van der Waals surface area contributed by atoms with Gasteiger partial charge in [-0.2, -0.15) is 0 Å². The van der Waals surface area contributed by atoms with Gasteiger partial charge in [0.2, 0.25) is 5.91 Å². The van der Waals surface area contributed by atoms with Crippen LogP contribution in [0, 0.1) is 5.92 Å². The predicted octanol–water partition coefficient (Wildman–Crippen LogP) is -1.38. The van der Waals surface area contributed by atoms with E-state index in [1.54, 1.807) is 34.8 Å². The molecule has 3 atom stereocenters. The number of amides is 2. The molecule has 0 heterocycles. The molecule has 2 amide bonds. The van der Waals surface area contributed by atoms with E-state index in [1.807, 2.05) is 38.1 Å². The number of methoxy groups -OCH3 is 1. The first-order valence-electron chi connectivity index (χ1n) is 11.1. The molecule has 0 unspecified atom stereocenters. The first-order chi connectivity index (χ1) is 14.8. The summed E-state index contributed by atoms with van der Waals surface area (Å²) in [5.41, 5.74) is 4.13. The van der Waals surface area contributed by atoms with Crippen LogP contribution in [-0.2, 0) is 25.5 Å². The lowest BCUT2D eigenvalue weighted by Crippen LogP contribution is -3.00. The lowest BCUT2D eigenvalue weighted by molar-refractivity contribution is -0.398. The number of benzene rings is 1. The third-order valence-corrected chi connectivity index (χ3v) is 4.82. The smallest absolute Gasteiger partial charge is 0.329 e. The van der Waals surface area contributed by atoms with Crippen LogP contribution in [-0.4, -0.2) is 48.6 Å². The van der Waals surface area contributed by atoms with Crippen LogP contribution in [0.3, 0.4) is 0 Å². The Hall–Kier alpha value is -2.32. The second-order valence-corrected chi connectivity index (χ2v) is 9.47.